The van der Waals surface area contributed by atoms with E-state index in [1.807, 2.05) is 32.9 Å². The van der Waals surface area contributed by atoms with Crippen molar-refractivity contribution in [1.82, 2.24) is 15.5 Å². The molecule has 0 spiro atoms. The van der Waals surface area contributed by atoms with Gasteiger partial charge in [-0.05, 0) is 57.7 Å². The fourth-order valence-corrected chi connectivity index (χ4v) is 4.26. The third kappa shape index (κ3) is 7.19. The smallest absolute Gasteiger partial charge is 0.407 e. The number of hydrogen-bond acceptors (Lipinski definition) is 4. The summed E-state index contributed by atoms with van der Waals surface area (Å²) in [4.78, 5) is 18.7. The first-order valence-electron chi connectivity index (χ1n) is 11.0. The van der Waals surface area contributed by atoms with E-state index < -0.39 is 5.60 Å². The van der Waals surface area contributed by atoms with Crippen molar-refractivity contribution in [2.75, 3.05) is 39.9 Å². The molecule has 1 amide bonds. The Bertz CT molecular complexity index is 776. The van der Waals surface area contributed by atoms with E-state index in [-0.39, 0.29) is 47.3 Å². The maximum atomic E-state index is 13.5. The van der Waals surface area contributed by atoms with Gasteiger partial charge in [0.05, 0.1) is 6.04 Å². The fraction of sp³-hybridized carbons (Fsp3) is 0.652. The minimum Gasteiger partial charge on any atom is -0.444 e. The zero-order chi connectivity index (χ0) is 22.5. The van der Waals surface area contributed by atoms with E-state index in [4.69, 9.17) is 9.47 Å². The van der Waals surface area contributed by atoms with E-state index in [9.17, 15) is 9.18 Å². The molecule has 0 aromatic heterocycles. The average Bonchev–Trinajstić information content (AvgIpc) is 3.16. The number of aliphatic imine (C=N–C) groups is 1. The molecule has 0 aliphatic carbocycles. The molecule has 1 aromatic carbocycles. The molecule has 9 heteroatoms. The van der Waals surface area contributed by atoms with Crippen LogP contribution in [-0.2, 0) is 14.9 Å². The Morgan fingerprint density at radius 1 is 1.28 bits per heavy atom. The number of nitrogens with one attached hydrogen (secondary N) is 2. The quantitative estimate of drug-likeness (QED) is 0.333. The van der Waals surface area contributed by atoms with Crippen LogP contribution in [0.1, 0.15) is 45.6 Å². The summed E-state index contributed by atoms with van der Waals surface area (Å²) in [7, 11) is 1.77. The van der Waals surface area contributed by atoms with Gasteiger partial charge in [-0.15, -0.1) is 24.0 Å². The predicted molar refractivity (Wildman–Crippen MR) is 134 cm³/mol. The molecular weight excluding hydrogens is 526 g/mol. The van der Waals surface area contributed by atoms with Crippen LogP contribution in [0.3, 0.4) is 0 Å². The molecule has 0 saturated carbocycles. The van der Waals surface area contributed by atoms with Crippen LogP contribution in [0.15, 0.2) is 29.3 Å². The maximum absolute atomic E-state index is 13.5. The van der Waals surface area contributed by atoms with Crippen molar-refractivity contribution in [3.63, 3.8) is 0 Å². The topological polar surface area (TPSA) is 75.2 Å². The average molecular weight is 562 g/mol. The summed E-state index contributed by atoms with van der Waals surface area (Å²) in [5.74, 6) is 0.580. The number of hydrogen-bond donors (Lipinski definition) is 2. The third-order valence-electron chi connectivity index (χ3n) is 5.91. The molecule has 2 aliphatic heterocycles. The first kappa shape index (κ1) is 26.6. The molecule has 0 radical (unpaired) electrons. The number of nitrogens with zero attached hydrogens (tertiary/aromatic N) is 2. The molecule has 2 heterocycles. The molecular formula is C23H36FIN4O3. The SMILES string of the molecule is CN=C(NCC1(c2ccc(F)cc2)CCOCC1)N1CCC(NC(=O)OC(C)(C)C)C1.I. The first-order valence-corrected chi connectivity index (χ1v) is 11.0. The van der Waals surface area contributed by atoms with Crippen molar-refractivity contribution in [2.24, 2.45) is 4.99 Å². The highest BCUT2D eigenvalue weighted by molar-refractivity contribution is 14.0. The number of amides is 1. The van der Waals surface area contributed by atoms with E-state index in [2.05, 4.69) is 20.5 Å². The Morgan fingerprint density at radius 3 is 2.53 bits per heavy atom. The molecule has 1 unspecified atom stereocenters. The summed E-state index contributed by atoms with van der Waals surface area (Å²) < 4.78 is 24.4. The molecule has 32 heavy (non-hydrogen) atoms. The summed E-state index contributed by atoms with van der Waals surface area (Å²) in [5.41, 5.74) is 0.472. The normalized spacial score (nSPS) is 21.0. The van der Waals surface area contributed by atoms with E-state index in [0.717, 1.165) is 37.3 Å². The molecule has 3 rings (SSSR count). The van der Waals surface area contributed by atoms with Crippen molar-refractivity contribution in [1.29, 1.82) is 0 Å². The molecule has 2 saturated heterocycles. The van der Waals surface area contributed by atoms with Gasteiger partial charge in [0.1, 0.15) is 11.4 Å². The van der Waals surface area contributed by atoms with Crippen molar-refractivity contribution < 1.29 is 18.7 Å². The minimum atomic E-state index is -0.516. The van der Waals surface area contributed by atoms with Gasteiger partial charge < -0.3 is 25.0 Å². The number of carbonyl (C=O) groups excluding carboxylic acids is 1. The summed E-state index contributed by atoms with van der Waals surface area (Å²) in [5, 5.41) is 6.48. The second kappa shape index (κ2) is 11.5. The van der Waals surface area contributed by atoms with E-state index in [1.165, 1.54) is 12.1 Å². The van der Waals surface area contributed by atoms with Crippen LogP contribution in [0.4, 0.5) is 9.18 Å². The standard InChI is InChI=1S/C23H35FN4O3.HI/c1-22(2,3)31-21(29)27-19-9-12-28(15-19)20(25-4)26-16-23(10-13-30-14-11-23)17-5-7-18(24)8-6-17;/h5-8,19H,9-16H2,1-4H3,(H,25,26)(H,27,29);1H. The van der Waals surface area contributed by atoms with Gasteiger partial charge in [-0.2, -0.15) is 0 Å². The van der Waals surface area contributed by atoms with E-state index in [1.54, 1.807) is 7.05 Å². The molecule has 2 fully saturated rings. The van der Waals surface area contributed by atoms with Crippen molar-refractivity contribution in [2.45, 2.75) is 57.1 Å². The van der Waals surface area contributed by atoms with Gasteiger partial charge in [-0.1, -0.05) is 12.1 Å². The monoisotopic (exact) mass is 562 g/mol. The molecule has 1 atom stereocenters. The van der Waals surface area contributed by atoms with Crippen LogP contribution < -0.4 is 10.6 Å². The van der Waals surface area contributed by atoms with Gasteiger partial charge in [-0.3, -0.25) is 4.99 Å². The van der Waals surface area contributed by atoms with Crippen LogP contribution in [0, 0.1) is 5.82 Å². The highest BCUT2D eigenvalue weighted by Crippen LogP contribution is 2.34. The molecule has 7 nitrogen and oxygen atoms in total. The summed E-state index contributed by atoms with van der Waals surface area (Å²) in [6.07, 6.45) is 2.17. The van der Waals surface area contributed by atoms with Crippen LogP contribution in [0.2, 0.25) is 0 Å². The van der Waals surface area contributed by atoms with Crippen molar-refractivity contribution in [3.8, 4) is 0 Å². The van der Waals surface area contributed by atoms with Gasteiger partial charge in [0, 0.05) is 45.3 Å². The molecule has 2 aliphatic rings. The number of ether oxygens (including phenoxy) is 2. The number of halogens is 2. The zero-order valence-corrected chi connectivity index (χ0v) is 21.8. The molecule has 1 aromatic rings. The number of carbonyl (C=O) groups is 1. The summed E-state index contributed by atoms with van der Waals surface area (Å²) in [6.45, 7) is 9.09. The van der Waals surface area contributed by atoms with Crippen molar-refractivity contribution in [3.05, 3.63) is 35.6 Å². The number of benzene rings is 1. The van der Waals surface area contributed by atoms with Gasteiger partial charge in [0.15, 0.2) is 5.96 Å². The highest BCUT2D eigenvalue weighted by atomic mass is 127. The molecule has 2 N–H and O–H groups in total. The number of likely N-dealkylation sites (tertiary alicyclic amines) is 1. The Labute approximate surface area is 207 Å². The van der Waals surface area contributed by atoms with Gasteiger partial charge in [-0.25, -0.2) is 9.18 Å². The Kier molecular flexibility index (Phi) is 9.56. The predicted octanol–water partition coefficient (Wildman–Crippen LogP) is 3.67. The second-order valence-electron chi connectivity index (χ2n) is 9.38. The molecule has 180 valence electrons. The van der Waals surface area contributed by atoms with Gasteiger partial charge in [0.2, 0.25) is 0 Å². The fourth-order valence-electron chi connectivity index (χ4n) is 4.26. The van der Waals surface area contributed by atoms with Crippen LogP contribution in [0.25, 0.3) is 0 Å². The lowest BCUT2D eigenvalue weighted by Crippen LogP contribution is -2.49. The number of alkyl carbamates (subject to hydrolysis) is 1. The lowest BCUT2D eigenvalue weighted by Gasteiger charge is -2.39. The van der Waals surface area contributed by atoms with Crippen LogP contribution in [-0.4, -0.2) is 68.5 Å². The van der Waals surface area contributed by atoms with Gasteiger partial charge >= 0.3 is 6.09 Å². The first-order chi connectivity index (χ1) is 14.7. The maximum Gasteiger partial charge on any atom is 0.407 e. The third-order valence-corrected chi connectivity index (χ3v) is 5.91. The van der Waals surface area contributed by atoms with E-state index in [0.29, 0.717) is 26.3 Å². The largest absolute Gasteiger partial charge is 0.444 e. The summed E-state index contributed by atoms with van der Waals surface area (Å²) in [6, 6.07) is 6.81. The molecule has 0 bridgehead atoms. The second-order valence-corrected chi connectivity index (χ2v) is 9.38. The van der Waals surface area contributed by atoms with Crippen molar-refractivity contribution >= 4 is 36.0 Å². The Hall–Kier alpha value is -1.62. The lowest BCUT2D eigenvalue weighted by molar-refractivity contribution is 0.0507. The lowest BCUT2D eigenvalue weighted by atomic mass is 9.74. The Balaban J connectivity index is 0.00000363. The van der Waals surface area contributed by atoms with Crippen LogP contribution >= 0.6 is 24.0 Å². The highest BCUT2D eigenvalue weighted by Gasteiger charge is 2.36. The van der Waals surface area contributed by atoms with Gasteiger partial charge in [0.25, 0.3) is 0 Å². The van der Waals surface area contributed by atoms with Crippen LogP contribution in [0.5, 0.6) is 0 Å². The summed E-state index contributed by atoms with van der Waals surface area (Å²) >= 11 is 0. The number of rotatable bonds is 4. The van der Waals surface area contributed by atoms with E-state index >= 15 is 0 Å². The number of guanidine groups is 1. The minimum absolute atomic E-state index is 0. The zero-order valence-electron chi connectivity index (χ0n) is 19.4. The Morgan fingerprint density at radius 2 is 1.94 bits per heavy atom.